The van der Waals surface area contributed by atoms with E-state index in [2.05, 4.69) is 4.98 Å². The summed E-state index contributed by atoms with van der Waals surface area (Å²) in [6.07, 6.45) is 1.87. The number of methoxy groups -OCH3 is 1. The first kappa shape index (κ1) is 9.71. The van der Waals surface area contributed by atoms with Crippen molar-refractivity contribution in [3.63, 3.8) is 0 Å². The lowest BCUT2D eigenvalue weighted by Gasteiger charge is -2.00. The first-order valence-corrected chi connectivity index (χ1v) is 3.98. The summed E-state index contributed by atoms with van der Waals surface area (Å²) in [6, 6.07) is 3.06. The van der Waals surface area contributed by atoms with Crippen LogP contribution in [-0.4, -0.2) is 12.1 Å². The van der Waals surface area contributed by atoms with Gasteiger partial charge in [0.05, 0.1) is 7.11 Å². The lowest BCUT2D eigenvalue weighted by Crippen LogP contribution is -1.91. The van der Waals surface area contributed by atoms with Gasteiger partial charge in [0.1, 0.15) is 0 Å². The molecule has 0 saturated carbocycles. The second-order valence-electron chi connectivity index (χ2n) is 2.99. The number of aromatic nitrogens is 1. The first-order chi connectivity index (χ1) is 6.11. The second-order valence-corrected chi connectivity index (χ2v) is 2.99. The molecule has 0 fully saturated rings. The molecular formula is C10H12FNO. The highest BCUT2D eigenvalue weighted by Crippen LogP contribution is 2.14. The highest BCUT2D eigenvalue weighted by atomic mass is 19.1. The van der Waals surface area contributed by atoms with Gasteiger partial charge in [0.2, 0.25) is 11.8 Å². The molecule has 0 unspecified atom stereocenters. The van der Waals surface area contributed by atoms with Crippen LogP contribution < -0.4 is 4.74 Å². The minimum absolute atomic E-state index is 0.299. The van der Waals surface area contributed by atoms with Crippen LogP contribution in [-0.2, 0) is 0 Å². The molecule has 3 heteroatoms. The maximum atomic E-state index is 12.8. The molecule has 1 rings (SSSR count). The van der Waals surface area contributed by atoms with Crippen LogP contribution in [0.15, 0.2) is 17.7 Å². The molecule has 2 nitrogen and oxygen atoms in total. The molecule has 0 aliphatic carbocycles. The maximum Gasteiger partial charge on any atom is 0.216 e. The van der Waals surface area contributed by atoms with Crippen molar-refractivity contribution in [2.75, 3.05) is 7.11 Å². The van der Waals surface area contributed by atoms with Crippen LogP contribution in [0.3, 0.4) is 0 Å². The summed E-state index contributed by atoms with van der Waals surface area (Å²) in [5.74, 6) is -0.223. The summed E-state index contributed by atoms with van der Waals surface area (Å²) in [7, 11) is 1.47. The van der Waals surface area contributed by atoms with Crippen LogP contribution in [0.2, 0.25) is 0 Å². The third-order valence-electron chi connectivity index (χ3n) is 1.46. The number of rotatable bonds is 2. The molecule has 0 amide bonds. The number of pyridine rings is 1. The Hall–Kier alpha value is -1.38. The molecule has 0 aliphatic rings. The number of allylic oxidation sites excluding steroid dienone is 1. The van der Waals surface area contributed by atoms with E-state index in [-0.39, 0.29) is 0 Å². The Kier molecular flexibility index (Phi) is 3.01. The van der Waals surface area contributed by atoms with Gasteiger partial charge in [-0.2, -0.15) is 9.37 Å². The maximum absolute atomic E-state index is 12.8. The Morgan fingerprint density at radius 1 is 1.46 bits per heavy atom. The van der Waals surface area contributed by atoms with Gasteiger partial charge in [-0.05, 0) is 19.4 Å². The fourth-order valence-corrected chi connectivity index (χ4v) is 1.01. The summed E-state index contributed by atoms with van der Waals surface area (Å²) < 4.78 is 17.7. The van der Waals surface area contributed by atoms with E-state index in [1.165, 1.54) is 13.2 Å². The number of ether oxygens (including phenoxy) is 1. The van der Waals surface area contributed by atoms with Crippen molar-refractivity contribution in [3.8, 4) is 5.88 Å². The second kappa shape index (κ2) is 4.03. The third kappa shape index (κ3) is 2.86. The normalized spacial score (nSPS) is 9.54. The smallest absolute Gasteiger partial charge is 0.216 e. The van der Waals surface area contributed by atoms with E-state index in [0.29, 0.717) is 5.88 Å². The van der Waals surface area contributed by atoms with Gasteiger partial charge in [-0.15, -0.1) is 0 Å². The zero-order valence-electron chi connectivity index (χ0n) is 7.97. The summed E-state index contributed by atoms with van der Waals surface area (Å²) >= 11 is 0. The van der Waals surface area contributed by atoms with Crippen molar-refractivity contribution < 1.29 is 9.13 Å². The zero-order chi connectivity index (χ0) is 9.84. The Bertz CT molecular complexity index is 330. The van der Waals surface area contributed by atoms with Crippen molar-refractivity contribution in [2.45, 2.75) is 13.8 Å². The van der Waals surface area contributed by atoms with Gasteiger partial charge in [-0.3, -0.25) is 0 Å². The fourth-order valence-electron chi connectivity index (χ4n) is 1.01. The first-order valence-electron chi connectivity index (χ1n) is 3.98. The van der Waals surface area contributed by atoms with Gasteiger partial charge in [0.25, 0.3) is 0 Å². The van der Waals surface area contributed by atoms with Crippen molar-refractivity contribution >= 4 is 6.08 Å². The largest absolute Gasteiger partial charge is 0.481 e. The van der Waals surface area contributed by atoms with Gasteiger partial charge >= 0.3 is 0 Å². The minimum atomic E-state index is -0.521. The number of halogens is 1. The molecule has 1 heterocycles. The van der Waals surface area contributed by atoms with Crippen LogP contribution in [0.4, 0.5) is 4.39 Å². The quantitative estimate of drug-likeness (QED) is 0.654. The monoisotopic (exact) mass is 181 g/mol. The van der Waals surface area contributed by atoms with Crippen LogP contribution in [0, 0.1) is 5.95 Å². The Morgan fingerprint density at radius 3 is 2.69 bits per heavy atom. The van der Waals surface area contributed by atoms with Crippen molar-refractivity contribution in [1.82, 2.24) is 4.98 Å². The molecule has 0 aromatic carbocycles. The van der Waals surface area contributed by atoms with Crippen LogP contribution in [0.25, 0.3) is 6.08 Å². The van der Waals surface area contributed by atoms with Crippen LogP contribution >= 0.6 is 0 Å². The van der Waals surface area contributed by atoms with E-state index >= 15 is 0 Å². The molecule has 0 spiro atoms. The topological polar surface area (TPSA) is 22.1 Å². The average Bonchev–Trinajstić information content (AvgIpc) is 2.01. The van der Waals surface area contributed by atoms with Crippen molar-refractivity contribution in [1.29, 1.82) is 0 Å². The van der Waals surface area contributed by atoms with Gasteiger partial charge in [0, 0.05) is 12.1 Å². The van der Waals surface area contributed by atoms with E-state index in [1.807, 2.05) is 19.9 Å². The molecule has 0 N–H and O–H groups in total. The molecule has 1 aromatic rings. The van der Waals surface area contributed by atoms with Crippen molar-refractivity contribution in [3.05, 3.63) is 29.2 Å². The van der Waals surface area contributed by atoms with E-state index in [1.54, 1.807) is 6.07 Å². The highest BCUT2D eigenvalue weighted by Gasteiger charge is 1.99. The van der Waals surface area contributed by atoms with Gasteiger partial charge in [-0.1, -0.05) is 11.6 Å². The molecule has 13 heavy (non-hydrogen) atoms. The molecule has 0 bridgehead atoms. The van der Waals surface area contributed by atoms with E-state index in [9.17, 15) is 4.39 Å². The van der Waals surface area contributed by atoms with E-state index < -0.39 is 5.95 Å². The molecule has 0 atom stereocenters. The summed E-state index contributed by atoms with van der Waals surface area (Å²) in [5.41, 5.74) is 1.87. The van der Waals surface area contributed by atoms with Gasteiger partial charge in [0.15, 0.2) is 0 Å². The van der Waals surface area contributed by atoms with E-state index in [4.69, 9.17) is 4.74 Å². The molecular weight excluding hydrogens is 169 g/mol. The van der Waals surface area contributed by atoms with E-state index in [0.717, 1.165) is 11.1 Å². The Morgan fingerprint density at radius 2 is 2.15 bits per heavy atom. The van der Waals surface area contributed by atoms with Crippen LogP contribution in [0.5, 0.6) is 5.88 Å². The highest BCUT2D eigenvalue weighted by molar-refractivity contribution is 5.52. The Balaban J connectivity index is 3.09. The predicted molar refractivity (Wildman–Crippen MR) is 50.1 cm³/mol. The SMILES string of the molecule is COc1cc(C=C(C)C)cc(F)n1. The Labute approximate surface area is 77.1 Å². The number of hydrogen-bond acceptors (Lipinski definition) is 2. The summed E-state index contributed by atoms with van der Waals surface area (Å²) in [4.78, 5) is 3.54. The fraction of sp³-hybridized carbons (Fsp3) is 0.300. The lowest BCUT2D eigenvalue weighted by atomic mass is 10.2. The summed E-state index contributed by atoms with van der Waals surface area (Å²) in [6.45, 7) is 3.90. The number of hydrogen-bond donors (Lipinski definition) is 0. The number of nitrogens with zero attached hydrogens (tertiary/aromatic N) is 1. The molecule has 0 radical (unpaired) electrons. The molecule has 1 aromatic heterocycles. The molecule has 0 aliphatic heterocycles. The van der Waals surface area contributed by atoms with Gasteiger partial charge < -0.3 is 4.74 Å². The lowest BCUT2D eigenvalue weighted by molar-refractivity contribution is 0.387. The zero-order valence-corrected chi connectivity index (χ0v) is 7.97. The van der Waals surface area contributed by atoms with Gasteiger partial charge in [-0.25, -0.2) is 0 Å². The third-order valence-corrected chi connectivity index (χ3v) is 1.46. The summed E-state index contributed by atoms with van der Waals surface area (Å²) in [5, 5.41) is 0. The van der Waals surface area contributed by atoms with Crippen LogP contribution in [0.1, 0.15) is 19.4 Å². The average molecular weight is 181 g/mol. The standard InChI is InChI=1S/C10H12FNO/c1-7(2)4-8-5-9(11)12-10(6-8)13-3/h4-6H,1-3H3. The minimum Gasteiger partial charge on any atom is -0.481 e. The predicted octanol–water partition coefficient (Wildman–Crippen LogP) is 2.65. The molecule has 0 saturated heterocycles. The molecule has 70 valence electrons. The van der Waals surface area contributed by atoms with Crippen molar-refractivity contribution in [2.24, 2.45) is 0 Å².